The number of rotatable bonds is 17. The molecule has 0 fully saturated rings. The molecule has 1 heterocycles. The number of hydrogen-bond acceptors (Lipinski definition) is 5. The Morgan fingerprint density at radius 1 is 0.917 bits per heavy atom. The highest BCUT2D eigenvalue weighted by atomic mass is 19.1. The van der Waals surface area contributed by atoms with Crippen molar-refractivity contribution in [2.45, 2.75) is 64.7 Å². The maximum atomic E-state index is 13.8. The Morgan fingerprint density at radius 3 is 2.35 bits per heavy atom. The zero-order valence-corrected chi connectivity index (χ0v) is 27.5. The molecule has 11 nitrogen and oxygen atoms in total. The summed E-state index contributed by atoms with van der Waals surface area (Å²) in [7, 11) is 0. The molecular formula is C36H45FN8O3. The van der Waals surface area contributed by atoms with Crippen LogP contribution in [0.2, 0.25) is 0 Å². The Labute approximate surface area is 280 Å². The number of guanidine groups is 1. The van der Waals surface area contributed by atoms with Gasteiger partial charge in [0.25, 0.3) is 0 Å². The molecule has 4 rings (SSSR count). The molecule has 0 bridgehead atoms. The first-order chi connectivity index (χ1) is 23.1. The number of nitrogens with one attached hydrogen (secondary N) is 4. The fourth-order valence-corrected chi connectivity index (χ4v) is 5.49. The van der Waals surface area contributed by atoms with E-state index in [1.165, 1.54) is 19.1 Å². The third-order valence-corrected chi connectivity index (χ3v) is 7.79. The number of halogens is 1. The Balaban J connectivity index is 1.57. The molecule has 3 amide bonds. The third-order valence-electron chi connectivity index (χ3n) is 7.79. The first-order valence-electron chi connectivity index (χ1n) is 16.2. The topological polar surface area (TPSA) is 169 Å². The molecule has 0 spiro atoms. The molecule has 0 radical (unpaired) electrons. The molecule has 2 atom stereocenters. The number of benzene rings is 3. The summed E-state index contributed by atoms with van der Waals surface area (Å²) in [6.45, 7) is 5.79. The smallest absolute Gasteiger partial charge is 0.247 e. The maximum absolute atomic E-state index is 13.8. The van der Waals surface area contributed by atoms with Crippen LogP contribution in [0, 0.1) is 5.82 Å². The van der Waals surface area contributed by atoms with Crippen molar-refractivity contribution < 1.29 is 18.8 Å². The molecule has 4 aromatic rings. The second kappa shape index (κ2) is 17.6. The highest BCUT2D eigenvalue weighted by Gasteiger charge is 2.27. The van der Waals surface area contributed by atoms with Crippen LogP contribution >= 0.6 is 0 Å². The fraction of sp³-hybridized carbons (Fsp3) is 0.333. The highest BCUT2D eigenvalue weighted by Crippen LogP contribution is 2.26. The Hall–Kier alpha value is -5.23. The van der Waals surface area contributed by atoms with E-state index >= 15 is 0 Å². The van der Waals surface area contributed by atoms with Crippen molar-refractivity contribution in [3.05, 3.63) is 102 Å². The number of anilines is 1. The Bertz CT molecular complexity index is 1700. The number of aromatic nitrogens is 1. The number of nitrogens with two attached hydrogens (primary N) is 2. The van der Waals surface area contributed by atoms with Crippen molar-refractivity contribution in [1.29, 1.82) is 0 Å². The lowest BCUT2D eigenvalue weighted by atomic mass is 10.0. The van der Waals surface area contributed by atoms with Gasteiger partial charge in [0.15, 0.2) is 5.96 Å². The Kier molecular flexibility index (Phi) is 13.1. The number of amides is 3. The Morgan fingerprint density at radius 2 is 1.67 bits per heavy atom. The summed E-state index contributed by atoms with van der Waals surface area (Å²) >= 11 is 0. The number of carbonyl (C=O) groups is 3. The minimum Gasteiger partial charge on any atom is -0.370 e. The molecule has 0 aliphatic carbocycles. The lowest BCUT2D eigenvalue weighted by molar-refractivity contribution is -0.130. The summed E-state index contributed by atoms with van der Waals surface area (Å²) in [5, 5.41) is 13.0. The average Bonchev–Trinajstić information content (AvgIpc) is 3.39. The first kappa shape index (κ1) is 35.6. The standard InChI is InChI=1S/C36H45FN8O3/c1-3-17-40-21-27-23-45(22-26-11-13-28(37)14-12-26)33-16-15-29(20-30(27)33)43-35(48)32(19-25-8-5-4-6-9-25)44-34(47)31(42-24(2)46)10-7-18-41-36(38)39/h4-6,8-9,11-16,20,23,31-32,40H,3,7,10,17-19,21-22H2,1-2H3,(H,42,46)(H,43,48)(H,44,47)(H4,38,39,41)/t31-,32-/m1/s1. The molecule has 1 aromatic heterocycles. The minimum atomic E-state index is -0.932. The van der Waals surface area contributed by atoms with Crippen molar-refractivity contribution in [2.24, 2.45) is 16.5 Å². The van der Waals surface area contributed by atoms with Gasteiger partial charge < -0.3 is 37.3 Å². The minimum absolute atomic E-state index is 0.0536. The lowest BCUT2D eigenvalue weighted by Gasteiger charge is -2.23. The molecule has 12 heteroatoms. The number of fused-ring (bicyclic) bond motifs is 1. The van der Waals surface area contributed by atoms with Gasteiger partial charge in [0, 0.05) is 55.8 Å². The summed E-state index contributed by atoms with van der Waals surface area (Å²) in [5.41, 5.74) is 15.2. The van der Waals surface area contributed by atoms with E-state index in [2.05, 4.69) is 43.9 Å². The van der Waals surface area contributed by atoms with E-state index < -0.39 is 23.9 Å². The van der Waals surface area contributed by atoms with E-state index in [0.717, 1.165) is 40.6 Å². The van der Waals surface area contributed by atoms with Crippen LogP contribution in [-0.2, 0) is 33.9 Å². The van der Waals surface area contributed by atoms with Gasteiger partial charge in [-0.3, -0.25) is 19.4 Å². The van der Waals surface area contributed by atoms with Crippen LogP contribution in [-0.4, -0.2) is 53.4 Å². The number of aliphatic imine (C=N–C) groups is 1. The molecule has 0 aliphatic heterocycles. The van der Waals surface area contributed by atoms with Gasteiger partial charge in [-0.15, -0.1) is 0 Å². The number of nitrogens with zero attached hydrogens (tertiary/aromatic N) is 2. The summed E-state index contributed by atoms with van der Waals surface area (Å²) in [4.78, 5) is 43.2. The van der Waals surface area contributed by atoms with Crippen LogP contribution in [0.3, 0.4) is 0 Å². The molecule has 8 N–H and O–H groups in total. The molecule has 3 aromatic carbocycles. The van der Waals surface area contributed by atoms with E-state index in [1.807, 2.05) is 48.5 Å². The van der Waals surface area contributed by atoms with E-state index in [1.54, 1.807) is 12.1 Å². The highest BCUT2D eigenvalue weighted by molar-refractivity contribution is 6.00. The van der Waals surface area contributed by atoms with Gasteiger partial charge in [0.05, 0.1) is 0 Å². The van der Waals surface area contributed by atoms with Crippen LogP contribution in [0.25, 0.3) is 10.9 Å². The molecule has 0 unspecified atom stereocenters. The average molecular weight is 657 g/mol. The van der Waals surface area contributed by atoms with Crippen molar-refractivity contribution in [3.63, 3.8) is 0 Å². The zero-order chi connectivity index (χ0) is 34.5. The summed E-state index contributed by atoms with van der Waals surface area (Å²) < 4.78 is 15.6. The van der Waals surface area contributed by atoms with E-state index in [0.29, 0.717) is 31.7 Å². The second-order valence-electron chi connectivity index (χ2n) is 11.8. The SMILES string of the molecule is CCCNCc1cn(Cc2ccc(F)cc2)c2ccc(NC(=O)[C@@H](Cc3ccccc3)NC(=O)[C@@H](CCCN=C(N)N)NC(C)=O)cc12. The molecule has 48 heavy (non-hydrogen) atoms. The normalized spacial score (nSPS) is 12.2. The molecular weight excluding hydrogens is 611 g/mol. The van der Waals surface area contributed by atoms with Crippen molar-refractivity contribution in [3.8, 4) is 0 Å². The quantitative estimate of drug-likeness (QED) is 0.0577. The van der Waals surface area contributed by atoms with Gasteiger partial charge in [0.1, 0.15) is 17.9 Å². The monoisotopic (exact) mass is 656 g/mol. The summed E-state index contributed by atoms with van der Waals surface area (Å²) in [5.74, 6) is -1.59. The van der Waals surface area contributed by atoms with Crippen LogP contribution in [0.4, 0.5) is 10.1 Å². The lowest BCUT2D eigenvalue weighted by Crippen LogP contribution is -2.53. The van der Waals surface area contributed by atoms with E-state index in [9.17, 15) is 18.8 Å². The van der Waals surface area contributed by atoms with Gasteiger partial charge in [-0.2, -0.15) is 0 Å². The number of hydrogen-bond donors (Lipinski definition) is 6. The largest absolute Gasteiger partial charge is 0.370 e. The fourth-order valence-electron chi connectivity index (χ4n) is 5.49. The zero-order valence-electron chi connectivity index (χ0n) is 27.5. The summed E-state index contributed by atoms with van der Waals surface area (Å²) in [6.07, 6.45) is 4.03. The van der Waals surface area contributed by atoms with Crippen LogP contribution in [0.15, 0.2) is 84.0 Å². The number of carbonyl (C=O) groups excluding carboxylic acids is 3. The first-order valence-corrected chi connectivity index (χ1v) is 16.2. The second-order valence-corrected chi connectivity index (χ2v) is 11.8. The van der Waals surface area contributed by atoms with Gasteiger partial charge in [-0.25, -0.2) is 4.39 Å². The predicted octanol–water partition coefficient (Wildman–Crippen LogP) is 3.55. The molecule has 254 valence electrons. The molecule has 0 saturated heterocycles. The maximum Gasteiger partial charge on any atom is 0.247 e. The van der Waals surface area contributed by atoms with E-state index in [4.69, 9.17) is 11.5 Å². The molecule has 0 aliphatic rings. The van der Waals surface area contributed by atoms with E-state index in [-0.39, 0.29) is 30.5 Å². The third kappa shape index (κ3) is 10.7. The van der Waals surface area contributed by atoms with Crippen LogP contribution in [0.1, 0.15) is 49.8 Å². The van der Waals surface area contributed by atoms with Crippen LogP contribution < -0.4 is 32.7 Å². The summed E-state index contributed by atoms with van der Waals surface area (Å²) in [6, 6.07) is 19.7. The van der Waals surface area contributed by atoms with Crippen molar-refractivity contribution in [2.75, 3.05) is 18.4 Å². The van der Waals surface area contributed by atoms with Gasteiger partial charge in [-0.05, 0) is 72.8 Å². The van der Waals surface area contributed by atoms with Gasteiger partial charge in [-0.1, -0.05) is 49.4 Å². The van der Waals surface area contributed by atoms with Crippen LogP contribution in [0.5, 0.6) is 0 Å². The van der Waals surface area contributed by atoms with Crippen molar-refractivity contribution in [1.82, 2.24) is 20.5 Å². The molecule has 0 saturated carbocycles. The van der Waals surface area contributed by atoms with Gasteiger partial charge in [0.2, 0.25) is 17.7 Å². The predicted molar refractivity (Wildman–Crippen MR) is 188 cm³/mol. The van der Waals surface area contributed by atoms with Crippen molar-refractivity contribution >= 4 is 40.3 Å². The van der Waals surface area contributed by atoms with Gasteiger partial charge >= 0.3 is 0 Å².